The van der Waals surface area contributed by atoms with Crippen molar-refractivity contribution in [2.75, 3.05) is 45.8 Å². The molecule has 3 aliphatic carbocycles. The number of amides is 1. The number of allylic oxidation sites excluding steroid dienone is 1. The molecular formula is C26H38BrN3O3S. The molecular weight excluding hydrogens is 514 g/mol. The second-order valence-electron chi connectivity index (χ2n) is 10.6. The molecule has 5 rings (SSSR count). The van der Waals surface area contributed by atoms with Gasteiger partial charge < -0.3 is 4.90 Å². The summed E-state index contributed by atoms with van der Waals surface area (Å²) in [5.41, 5.74) is 1.81. The van der Waals surface area contributed by atoms with Crippen LogP contribution in [0.4, 0.5) is 0 Å². The number of hydrogen-bond acceptors (Lipinski definition) is 4. The van der Waals surface area contributed by atoms with Crippen LogP contribution in [0, 0.1) is 17.3 Å². The van der Waals surface area contributed by atoms with E-state index in [0.29, 0.717) is 55.4 Å². The molecule has 8 heteroatoms. The van der Waals surface area contributed by atoms with Gasteiger partial charge in [-0.1, -0.05) is 48.4 Å². The average molecular weight is 553 g/mol. The van der Waals surface area contributed by atoms with Gasteiger partial charge >= 0.3 is 0 Å². The lowest BCUT2D eigenvalue weighted by Crippen LogP contribution is -2.52. The third-order valence-corrected chi connectivity index (χ3v) is 10.7. The summed E-state index contributed by atoms with van der Waals surface area (Å²) in [6, 6.07) is 6.82. The number of rotatable bonds is 9. The van der Waals surface area contributed by atoms with Crippen LogP contribution >= 0.6 is 15.9 Å². The Bertz CT molecular complexity index is 1010. The molecule has 1 aromatic carbocycles. The van der Waals surface area contributed by atoms with Crippen LogP contribution in [-0.4, -0.2) is 74.2 Å². The molecule has 1 heterocycles. The van der Waals surface area contributed by atoms with E-state index in [1.807, 2.05) is 0 Å². The van der Waals surface area contributed by atoms with Gasteiger partial charge in [-0.2, -0.15) is 4.31 Å². The predicted octanol–water partition coefficient (Wildman–Crippen LogP) is 4.38. The van der Waals surface area contributed by atoms with Gasteiger partial charge in [0.2, 0.25) is 15.9 Å². The Hall–Kier alpha value is -1.22. The van der Waals surface area contributed by atoms with E-state index in [1.165, 1.54) is 12.0 Å². The van der Waals surface area contributed by atoms with Crippen molar-refractivity contribution < 1.29 is 13.2 Å². The zero-order valence-electron chi connectivity index (χ0n) is 20.7. The number of fused-ring (bicyclic) bond motifs is 1. The van der Waals surface area contributed by atoms with Crippen LogP contribution in [-0.2, 0) is 14.8 Å². The van der Waals surface area contributed by atoms with E-state index in [-0.39, 0.29) is 5.91 Å². The normalized spacial score (nSPS) is 24.9. The molecule has 4 aliphatic rings. The van der Waals surface area contributed by atoms with Gasteiger partial charge in [0.25, 0.3) is 0 Å². The van der Waals surface area contributed by atoms with E-state index in [9.17, 15) is 13.2 Å². The van der Waals surface area contributed by atoms with E-state index < -0.39 is 10.0 Å². The van der Waals surface area contributed by atoms with Crippen LogP contribution in [0.5, 0.6) is 0 Å². The van der Waals surface area contributed by atoms with Gasteiger partial charge in [-0.3, -0.25) is 9.69 Å². The lowest BCUT2D eigenvalue weighted by Gasteiger charge is -2.57. The molecule has 2 atom stereocenters. The van der Waals surface area contributed by atoms with E-state index in [4.69, 9.17) is 0 Å². The van der Waals surface area contributed by atoms with E-state index in [0.717, 1.165) is 36.3 Å². The number of piperazine rings is 1. The molecule has 0 spiro atoms. The van der Waals surface area contributed by atoms with Gasteiger partial charge in [0, 0.05) is 56.7 Å². The second-order valence-corrected chi connectivity index (χ2v) is 13.4. The Morgan fingerprint density at radius 3 is 2.41 bits per heavy atom. The second kappa shape index (κ2) is 10.4. The highest BCUT2D eigenvalue weighted by Gasteiger charge is 2.51. The summed E-state index contributed by atoms with van der Waals surface area (Å²) in [5.74, 6) is 1.64. The van der Waals surface area contributed by atoms with Crippen LogP contribution in [0.15, 0.2) is 45.3 Å². The van der Waals surface area contributed by atoms with Crippen LogP contribution in [0.3, 0.4) is 0 Å². The number of sulfonamides is 1. The van der Waals surface area contributed by atoms with E-state index in [1.54, 1.807) is 28.6 Å². The quantitative estimate of drug-likeness (QED) is 0.427. The van der Waals surface area contributed by atoms with E-state index in [2.05, 4.69) is 52.6 Å². The first-order chi connectivity index (χ1) is 16.1. The summed E-state index contributed by atoms with van der Waals surface area (Å²) < 4.78 is 28.4. The number of nitrogens with zero attached hydrogens (tertiary/aromatic N) is 3. The Kier molecular flexibility index (Phi) is 7.92. The maximum Gasteiger partial charge on any atom is 0.243 e. The molecule has 1 amide bonds. The fraction of sp³-hybridized carbons (Fsp3) is 0.654. The van der Waals surface area contributed by atoms with Gasteiger partial charge in [0.15, 0.2) is 0 Å². The van der Waals surface area contributed by atoms with Crippen molar-refractivity contribution in [3.05, 3.63) is 40.4 Å². The fourth-order valence-corrected chi connectivity index (χ4v) is 7.44. The first kappa shape index (κ1) is 25.9. The van der Waals surface area contributed by atoms with Crippen molar-refractivity contribution in [1.82, 2.24) is 14.1 Å². The highest BCUT2D eigenvalue weighted by atomic mass is 79.9. The third kappa shape index (κ3) is 5.30. The Labute approximate surface area is 213 Å². The minimum atomic E-state index is -3.47. The predicted molar refractivity (Wildman–Crippen MR) is 139 cm³/mol. The van der Waals surface area contributed by atoms with Gasteiger partial charge in [-0.05, 0) is 60.8 Å². The summed E-state index contributed by atoms with van der Waals surface area (Å²) in [6.45, 7) is 11.4. The molecule has 188 valence electrons. The summed E-state index contributed by atoms with van der Waals surface area (Å²) in [5, 5.41) is 0. The highest BCUT2D eigenvalue weighted by molar-refractivity contribution is 9.10. The molecule has 2 unspecified atom stereocenters. The monoisotopic (exact) mass is 551 g/mol. The Morgan fingerprint density at radius 1 is 1.15 bits per heavy atom. The molecule has 34 heavy (non-hydrogen) atoms. The molecule has 6 nitrogen and oxygen atoms in total. The van der Waals surface area contributed by atoms with Crippen molar-refractivity contribution in [3.8, 4) is 0 Å². The maximum absolute atomic E-state index is 13.0. The highest BCUT2D eigenvalue weighted by Crippen LogP contribution is 2.59. The lowest BCUT2D eigenvalue weighted by molar-refractivity contribution is -0.131. The van der Waals surface area contributed by atoms with Crippen molar-refractivity contribution in [2.24, 2.45) is 17.3 Å². The number of benzene rings is 1. The van der Waals surface area contributed by atoms with Crippen LogP contribution in [0.2, 0.25) is 0 Å². The van der Waals surface area contributed by atoms with Crippen LogP contribution in [0.1, 0.15) is 46.5 Å². The molecule has 1 aromatic rings. The van der Waals surface area contributed by atoms with Crippen molar-refractivity contribution in [2.45, 2.75) is 51.3 Å². The molecule has 2 bridgehead atoms. The topological polar surface area (TPSA) is 60.9 Å². The van der Waals surface area contributed by atoms with Gasteiger partial charge in [0.1, 0.15) is 0 Å². The van der Waals surface area contributed by atoms with Crippen LogP contribution in [0.25, 0.3) is 0 Å². The standard InChI is InChI=1S/C26H38BrN3O3S/c1-4-5-25(31)29(19-20-6-7-21-18-24(20)26(21,2)3)15-12-28-13-16-30(17-14-28)34(32,33)23-10-8-22(27)9-11-23/h6,8-11,21,24H,4-5,7,12-19H2,1-3H3. The zero-order valence-corrected chi connectivity index (χ0v) is 23.1. The minimum Gasteiger partial charge on any atom is -0.337 e. The van der Waals surface area contributed by atoms with Gasteiger partial charge in [0.05, 0.1) is 4.90 Å². The molecule has 1 aliphatic heterocycles. The first-order valence-corrected chi connectivity index (χ1v) is 14.8. The third-order valence-electron chi connectivity index (χ3n) is 8.24. The first-order valence-electron chi connectivity index (χ1n) is 12.6. The number of halogens is 1. The Balaban J connectivity index is 1.32. The summed E-state index contributed by atoms with van der Waals surface area (Å²) in [4.78, 5) is 17.6. The number of carbonyl (C=O) groups is 1. The number of carbonyl (C=O) groups excluding carboxylic acids is 1. The van der Waals surface area contributed by atoms with Gasteiger partial charge in [-0.15, -0.1) is 0 Å². The zero-order chi connectivity index (χ0) is 24.5. The van der Waals surface area contributed by atoms with Gasteiger partial charge in [-0.25, -0.2) is 8.42 Å². The molecule has 2 fully saturated rings. The van der Waals surface area contributed by atoms with Crippen LogP contribution < -0.4 is 0 Å². The van der Waals surface area contributed by atoms with Crippen molar-refractivity contribution in [3.63, 3.8) is 0 Å². The number of hydrogen-bond donors (Lipinski definition) is 0. The molecule has 0 N–H and O–H groups in total. The summed E-state index contributed by atoms with van der Waals surface area (Å²) in [7, 11) is -3.47. The average Bonchev–Trinajstić information content (AvgIpc) is 2.82. The van der Waals surface area contributed by atoms with Crippen molar-refractivity contribution >= 4 is 31.9 Å². The Morgan fingerprint density at radius 2 is 1.82 bits per heavy atom. The summed E-state index contributed by atoms with van der Waals surface area (Å²) >= 11 is 3.36. The fourth-order valence-electron chi connectivity index (χ4n) is 5.75. The lowest BCUT2D eigenvalue weighted by atomic mass is 9.49. The summed E-state index contributed by atoms with van der Waals surface area (Å²) in [6.07, 6.45) is 6.25. The minimum absolute atomic E-state index is 0.235. The van der Waals surface area contributed by atoms with E-state index >= 15 is 0 Å². The maximum atomic E-state index is 13.0. The van der Waals surface area contributed by atoms with Crippen molar-refractivity contribution in [1.29, 1.82) is 0 Å². The molecule has 1 saturated heterocycles. The molecule has 0 aromatic heterocycles. The SMILES string of the molecule is CCCC(=O)N(CCN1CCN(S(=O)(=O)c2ccc(Br)cc2)CC1)CC1=CCC2CC1C2(C)C. The largest absolute Gasteiger partial charge is 0.337 e. The molecule has 0 radical (unpaired) electrons. The molecule has 1 saturated carbocycles. The smallest absolute Gasteiger partial charge is 0.243 e.